The molecule has 2 aliphatic rings. The Labute approximate surface area is 217 Å². The van der Waals surface area contributed by atoms with E-state index in [1.165, 1.54) is 5.56 Å². The van der Waals surface area contributed by atoms with E-state index in [0.29, 0.717) is 35.6 Å². The number of hydrogen-bond donors (Lipinski definition) is 1. The number of fused-ring (bicyclic) bond motifs is 2. The van der Waals surface area contributed by atoms with Crippen molar-refractivity contribution < 1.29 is 24.0 Å². The number of Topliss-reactive ketones (excluding diaryl/α,β-unsaturated/α-hetero) is 1. The summed E-state index contributed by atoms with van der Waals surface area (Å²) in [5.74, 6) is 0.414. The lowest BCUT2D eigenvalue weighted by Crippen LogP contribution is -2.31. The highest BCUT2D eigenvalue weighted by Gasteiger charge is 2.46. The van der Waals surface area contributed by atoms with Gasteiger partial charge in [-0.15, -0.1) is 0 Å². The molecule has 37 heavy (non-hydrogen) atoms. The second-order valence-corrected chi connectivity index (χ2v) is 10.7. The summed E-state index contributed by atoms with van der Waals surface area (Å²) in [5, 5.41) is 12.1. The van der Waals surface area contributed by atoms with Crippen LogP contribution in [0.4, 0.5) is 5.69 Å². The molecule has 3 aromatic rings. The Balaban J connectivity index is 1.58. The van der Waals surface area contributed by atoms with Gasteiger partial charge in [0.25, 0.3) is 6.47 Å². The molecule has 6 nitrogen and oxygen atoms in total. The molecule has 0 bridgehead atoms. The number of hydrogen-bond acceptors (Lipinski definition) is 4. The van der Waals surface area contributed by atoms with Gasteiger partial charge in [-0.25, -0.2) is 0 Å². The van der Waals surface area contributed by atoms with Gasteiger partial charge in [0, 0.05) is 46.8 Å². The summed E-state index contributed by atoms with van der Waals surface area (Å²) in [5.41, 5.74) is 5.40. The lowest BCUT2D eigenvalue weighted by atomic mass is 9.77. The normalized spacial score (nSPS) is 17.6. The third kappa shape index (κ3) is 4.10. The van der Waals surface area contributed by atoms with Crippen LogP contribution in [-0.2, 0) is 26.3 Å². The first-order valence-electron chi connectivity index (χ1n) is 12.8. The number of benzene rings is 2. The number of aromatic nitrogens is 1. The van der Waals surface area contributed by atoms with Crippen molar-refractivity contribution >= 4 is 40.1 Å². The molecule has 2 aromatic carbocycles. The van der Waals surface area contributed by atoms with Crippen molar-refractivity contribution in [2.75, 3.05) is 13.2 Å². The quantitative estimate of drug-likeness (QED) is 0.178. The number of allylic oxidation sites excluding steroid dienone is 3. The molecule has 0 saturated heterocycles. The summed E-state index contributed by atoms with van der Waals surface area (Å²) in [4.78, 5) is 24.1. The summed E-state index contributed by atoms with van der Waals surface area (Å²) >= 11 is 0. The van der Waals surface area contributed by atoms with Gasteiger partial charge in [0.2, 0.25) is 11.5 Å². The first-order valence-corrected chi connectivity index (χ1v) is 12.8. The van der Waals surface area contributed by atoms with E-state index in [9.17, 15) is 14.7 Å². The summed E-state index contributed by atoms with van der Waals surface area (Å²) in [6.45, 7) is 10.7. The topological polar surface area (TPSA) is 71.5 Å². The van der Waals surface area contributed by atoms with Crippen molar-refractivity contribution in [2.24, 2.45) is 5.92 Å². The molecule has 0 saturated carbocycles. The minimum Gasteiger partial charge on any atom is -0.506 e. The molecule has 0 radical (unpaired) electrons. The minimum atomic E-state index is -0.300. The maximum Gasteiger partial charge on any atom is 0.293 e. The van der Waals surface area contributed by atoms with Crippen LogP contribution in [0.2, 0.25) is 0 Å². The van der Waals surface area contributed by atoms with Gasteiger partial charge in [-0.1, -0.05) is 50.2 Å². The van der Waals surface area contributed by atoms with E-state index >= 15 is 0 Å². The first kappa shape index (κ1) is 24.8. The SMILES string of the molecule is CC(C)CC[N+]1=C(C=C2C(=O)C(c3cn(CCOC=O)c4ccccc34)=C2O)C(C)(C)c2ccccc21. The number of aliphatic hydroxyl groups is 1. The molecular formula is C31H33N2O4+. The van der Waals surface area contributed by atoms with Gasteiger partial charge in [-0.05, 0) is 25.8 Å². The van der Waals surface area contributed by atoms with E-state index in [4.69, 9.17) is 4.74 Å². The number of aliphatic hydroxyl groups excluding tert-OH is 1. The predicted octanol–water partition coefficient (Wildman–Crippen LogP) is 5.72. The number of para-hydroxylation sites is 2. The Bertz CT molecular complexity index is 1500. The second-order valence-electron chi connectivity index (χ2n) is 10.7. The standard InChI is InChI=1S/C31H32N2O4/c1-20(2)13-14-33-26-12-8-6-10-24(26)31(3,4)27(33)17-22-29(35)28(30(22)36)23-18-32(15-16-37-19-34)25-11-7-5-9-21(23)25/h5-12,17-20H,13-16H2,1-4H3/p+1. The number of ketones is 1. The number of rotatable bonds is 9. The van der Waals surface area contributed by atoms with Crippen LogP contribution < -0.4 is 0 Å². The van der Waals surface area contributed by atoms with Crippen molar-refractivity contribution in [3.63, 3.8) is 0 Å². The van der Waals surface area contributed by atoms with Crippen molar-refractivity contribution in [1.29, 1.82) is 0 Å². The summed E-state index contributed by atoms with van der Waals surface area (Å²) in [7, 11) is 0. The van der Waals surface area contributed by atoms with Crippen molar-refractivity contribution in [3.8, 4) is 0 Å². The van der Waals surface area contributed by atoms with Crippen LogP contribution in [0.5, 0.6) is 0 Å². The molecule has 6 heteroatoms. The maximum atomic E-state index is 13.5. The van der Waals surface area contributed by atoms with E-state index in [2.05, 4.69) is 50.5 Å². The monoisotopic (exact) mass is 497 g/mol. The predicted molar refractivity (Wildman–Crippen MR) is 145 cm³/mol. The Morgan fingerprint density at radius 1 is 1.11 bits per heavy atom. The van der Waals surface area contributed by atoms with E-state index in [1.807, 2.05) is 47.2 Å². The van der Waals surface area contributed by atoms with Crippen molar-refractivity contribution in [3.05, 3.63) is 83.3 Å². The fraction of sp³-hybridized carbons (Fsp3) is 0.323. The van der Waals surface area contributed by atoms with Crippen LogP contribution in [0.25, 0.3) is 16.5 Å². The molecule has 2 heterocycles. The van der Waals surface area contributed by atoms with E-state index in [-0.39, 0.29) is 23.6 Å². The maximum absolute atomic E-state index is 13.5. The van der Waals surface area contributed by atoms with Crippen LogP contribution in [0.15, 0.2) is 72.1 Å². The highest BCUT2D eigenvalue weighted by molar-refractivity contribution is 6.41. The molecule has 1 aliphatic heterocycles. The van der Waals surface area contributed by atoms with Gasteiger partial charge in [-0.3, -0.25) is 9.59 Å². The smallest absolute Gasteiger partial charge is 0.293 e. The van der Waals surface area contributed by atoms with Crippen LogP contribution in [0.3, 0.4) is 0 Å². The zero-order chi connectivity index (χ0) is 26.3. The summed E-state index contributed by atoms with van der Waals surface area (Å²) in [6.07, 6.45) is 4.76. The third-order valence-corrected chi connectivity index (χ3v) is 7.55. The highest BCUT2D eigenvalue weighted by Crippen LogP contribution is 2.44. The molecule has 1 aromatic heterocycles. The van der Waals surface area contributed by atoms with Crippen molar-refractivity contribution in [1.82, 2.24) is 4.57 Å². The molecule has 1 N–H and O–H groups in total. The number of carbonyl (C=O) groups is 2. The van der Waals surface area contributed by atoms with Gasteiger partial charge in [-0.2, -0.15) is 4.58 Å². The molecule has 5 rings (SSSR count). The van der Waals surface area contributed by atoms with Crippen LogP contribution in [-0.4, -0.2) is 45.4 Å². The molecular weight excluding hydrogens is 464 g/mol. The summed E-state index contributed by atoms with van der Waals surface area (Å²) in [6, 6.07) is 16.1. The third-order valence-electron chi connectivity index (χ3n) is 7.55. The first-order chi connectivity index (χ1) is 17.8. The zero-order valence-electron chi connectivity index (χ0n) is 21.8. The Morgan fingerprint density at radius 3 is 2.57 bits per heavy atom. The minimum absolute atomic E-state index is 0.0279. The lowest BCUT2D eigenvalue weighted by Gasteiger charge is -2.22. The molecule has 0 unspecified atom stereocenters. The Hall–Kier alpha value is -3.93. The lowest BCUT2D eigenvalue weighted by molar-refractivity contribution is -0.439. The Morgan fingerprint density at radius 2 is 1.84 bits per heavy atom. The van der Waals surface area contributed by atoms with Gasteiger partial charge in [0.1, 0.15) is 18.9 Å². The molecule has 0 spiro atoms. The highest BCUT2D eigenvalue weighted by atomic mass is 16.5. The van der Waals surface area contributed by atoms with Gasteiger partial charge >= 0.3 is 0 Å². The van der Waals surface area contributed by atoms with Gasteiger partial charge < -0.3 is 14.4 Å². The molecule has 0 atom stereocenters. The van der Waals surface area contributed by atoms with E-state index in [1.54, 1.807) is 0 Å². The molecule has 0 amide bonds. The fourth-order valence-corrected chi connectivity index (χ4v) is 5.50. The summed E-state index contributed by atoms with van der Waals surface area (Å²) < 4.78 is 9.13. The van der Waals surface area contributed by atoms with Gasteiger partial charge in [0.05, 0.1) is 23.1 Å². The number of nitrogens with zero attached hydrogens (tertiary/aromatic N) is 2. The second kappa shape index (κ2) is 9.51. The Kier molecular flexibility index (Phi) is 6.36. The largest absolute Gasteiger partial charge is 0.506 e. The van der Waals surface area contributed by atoms with Crippen LogP contribution in [0.1, 0.15) is 45.2 Å². The zero-order valence-corrected chi connectivity index (χ0v) is 21.8. The molecule has 1 aliphatic carbocycles. The van der Waals surface area contributed by atoms with Crippen LogP contribution in [0, 0.1) is 5.92 Å². The molecule has 0 fully saturated rings. The van der Waals surface area contributed by atoms with E-state index in [0.717, 1.165) is 35.3 Å². The average molecular weight is 498 g/mol. The average Bonchev–Trinajstić information content (AvgIpc) is 3.33. The fourth-order valence-electron chi connectivity index (χ4n) is 5.50. The van der Waals surface area contributed by atoms with E-state index < -0.39 is 0 Å². The number of carbonyl (C=O) groups excluding carboxylic acids is 2. The molecule has 190 valence electrons. The van der Waals surface area contributed by atoms with Crippen molar-refractivity contribution in [2.45, 2.75) is 46.1 Å². The van der Waals surface area contributed by atoms with Crippen LogP contribution >= 0.6 is 0 Å². The van der Waals surface area contributed by atoms with Gasteiger partial charge in [0.15, 0.2) is 5.71 Å². The number of ether oxygens (including phenoxy) is 1.